The molecule has 0 saturated carbocycles. The summed E-state index contributed by atoms with van der Waals surface area (Å²) in [6.07, 6.45) is 1.25. The van der Waals surface area contributed by atoms with Crippen molar-refractivity contribution in [1.82, 2.24) is 0 Å². The zero-order chi connectivity index (χ0) is 9.84. The lowest BCUT2D eigenvalue weighted by molar-refractivity contribution is 0.556. The van der Waals surface area contributed by atoms with E-state index in [1.807, 2.05) is 6.92 Å². The highest BCUT2D eigenvalue weighted by Crippen LogP contribution is 2.11. The van der Waals surface area contributed by atoms with E-state index in [0.29, 0.717) is 12.0 Å². The Morgan fingerprint density at radius 2 is 2.08 bits per heavy atom. The lowest BCUT2D eigenvalue weighted by atomic mass is 10.0. The monoisotopic (exact) mass is 185 g/mol. The van der Waals surface area contributed by atoms with Gasteiger partial charge in [-0.1, -0.05) is 13.0 Å². The molecule has 0 aliphatic carbocycles. The van der Waals surface area contributed by atoms with Crippen LogP contribution in [0, 0.1) is 11.6 Å². The first kappa shape index (κ1) is 10.1. The highest BCUT2D eigenvalue weighted by molar-refractivity contribution is 5.19. The smallest absolute Gasteiger partial charge is 0.129 e. The minimum absolute atomic E-state index is 0.0556. The molecule has 3 heteroatoms. The van der Waals surface area contributed by atoms with Crippen LogP contribution in [0.2, 0.25) is 0 Å². The van der Waals surface area contributed by atoms with Gasteiger partial charge in [0.05, 0.1) is 0 Å². The Kier molecular flexibility index (Phi) is 3.37. The zero-order valence-electron chi connectivity index (χ0n) is 7.56. The maximum atomic E-state index is 13.1. The molecule has 1 rings (SSSR count). The van der Waals surface area contributed by atoms with Crippen molar-refractivity contribution in [3.63, 3.8) is 0 Å². The molecule has 1 nitrogen and oxygen atoms in total. The molecule has 0 heterocycles. The first-order valence-electron chi connectivity index (χ1n) is 4.33. The van der Waals surface area contributed by atoms with Crippen LogP contribution in [-0.2, 0) is 6.42 Å². The van der Waals surface area contributed by atoms with Gasteiger partial charge in [-0.3, -0.25) is 0 Å². The Balaban J connectivity index is 2.77. The third-order valence-corrected chi connectivity index (χ3v) is 2.02. The van der Waals surface area contributed by atoms with Gasteiger partial charge in [-0.2, -0.15) is 0 Å². The SMILES string of the molecule is CCC(N)Cc1ccc(F)cc1F. The van der Waals surface area contributed by atoms with E-state index in [1.54, 1.807) is 0 Å². The summed E-state index contributed by atoms with van der Waals surface area (Å²) in [5, 5.41) is 0. The van der Waals surface area contributed by atoms with Crippen LogP contribution >= 0.6 is 0 Å². The molecule has 1 aromatic carbocycles. The van der Waals surface area contributed by atoms with Crippen molar-refractivity contribution in [3.05, 3.63) is 35.4 Å². The summed E-state index contributed by atoms with van der Waals surface area (Å²) in [7, 11) is 0. The molecular formula is C10H13F2N. The number of benzene rings is 1. The molecule has 2 N–H and O–H groups in total. The van der Waals surface area contributed by atoms with Crippen molar-refractivity contribution in [2.24, 2.45) is 5.73 Å². The fourth-order valence-electron chi connectivity index (χ4n) is 1.11. The van der Waals surface area contributed by atoms with Crippen molar-refractivity contribution in [2.45, 2.75) is 25.8 Å². The third kappa shape index (κ3) is 2.77. The number of nitrogens with two attached hydrogens (primary N) is 1. The van der Waals surface area contributed by atoms with Gasteiger partial charge < -0.3 is 5.73 Å². The van der Waals surface area contributed by atoms with E-state index in [1.165, 1.54) is 12.1 Å². The minimum atomic E-state index is -0.550. The van der Waals surface area contributed by atoms with Crippen molar-refractivity contribution in [1.29, 1.82) is 0 Å². The Hall–Kier alpha value is -0.960. The number of hydrogen-bond donors (Lipinski definition) is 1. The second kappa shape index (κ2) is 4.33. The van der Waals surface area contributed by atoms with Gasteiger partial charge in [0.15, 0.2) is 0 Å². The summed E-state index contributed by atoms with van der Waals surface area (Å²) in [5.74, 6) is -1.06. The molecule has 1 unspecified atom stereocenters. The zero-order valence-corrected chi connectivity index (χ0v) is 7.56. The van der Waals surface area contributed by atoms with Crippen LogP contribution in [0.1, 0.15) is 18.9 Å². The lowest BCUT2D eigenvalue weighted by Crippen LogP contribution is -2.21. The highest BCUT2D eigenvalue weighted by atomic mass is 19.1. The summed E-state index contributed by atoms with van der Waals surface area (Å²) < 4.78 is 25.5. The van der Waals surface area contributed by atoms with E-state index in [-0.39, 0.29) is 6.04 Å². The van der Waals surface area contributed by atoms with Gasteiger partial charge >= 0.3 is 0 Å². The van der Waals surface area contributed by atoms with Gasteiger partial charge in [0, 0.05) is 12.1 Å². The first-order valence-corrected chi connectivity index (χ1v) is 4.33. The fourth-order valence-corrected chi connectivity index (χ4v) is 1.11. The van der Waals surface area contributed by atoms with Crippen LogP contribution in [-0.4, -0.2) is 6.04 Å². The maximum Gasteiger partial charge on any atom is 0.129 e. The quantitative estimate of drug-likeness (QED) is 0.767. The largest absolute Gasteiger partial charge is 0.327 e. The second-order valence-corrected chi connectivity index (χ2v) is 3.11. The molecule has 72 valence electrons. The third-order valence-electron chi connectivity index (χ3n) is 2.02. The number of hydrogen-bond acceptors (Lipinski definition) is 1. The Morgan fingerprint density at radius 3 is 2.62 bits per heavy atom. The highest BCUT2D eigenvalue weighted by Gasteiger charge is 2.07. The molecule has 0 aliphatic heterocycles. The maximum absolute atomic E-state index is 13.1. The summed E-state index contributed by atoms with van der Waals surface area (Å²) in [5.41, 5.74) is 6.13. The number of rotatable bonds is 3. The van der Waals surface area contributed by atoms with E-state index in [0.717, 1.165) is 12.5 Å². The molecule has 0 saturated heterocycles. The molecule has 1 atom stereocenters. The average molecular weight is 185 g/mol. The molecule has 1 aromatic rings. The first-order chi connectivity index (χ1) is 6.13. The average Bonchev–Trinajstić information content (AvgIpc) is 2.09. The summed E-state index contributed by atoms with van der Waals surface area (Å²) in [6, 6.07) is 3.53. The predicted molar refractivity (Wildman–Crippen MR) is 48.3 cm³/mol. The van der Waals surface area contributed by atoms with Gasteiger partial charge in [-0.15, -0.1) is 0 Å². The predicted octanol–water partition coefficient (Wildman–Crippen LogP) is 2.24. The van der Waals surface area contributed by atoms with Gasteiger partial charge in [0.1, 0.15) is 11.6 Å². The molecule has 0 fully saturated rings. The summed E-state index contributed by atoms with van der Waals surface area (Å²) in [6.45, 7) is 1.94. The second-order valence-electron chi connectivity index (χ2n) is 3.11. The minimum Gasteiger partial charge on any atom is -0.327 e. The molecule has 0 aliphatic rings. The Morgan fingerprint density at radius 1 is 1.38 bits per heavy atom. The van der Waals surface area contributed by atoms with Crippen LogP contribution in [0.4, 0.5) is 8.78 Å². The van der Waals surface area contributed by atoms with Gasteiger partial charge in [-0.05, 0) is 24.5 Å². The molecule has 0 spiro atoms. The number of halogens is 2. The van der Waals surface area contributed by atoms with Crippen molar-refractivity contribution >= 4 is 0 Å². The van der Waals surface area contributed by atoms with Crippen molar-refractivity contribution in [3.8, 4) is 0 Å². The van der Waals surface area contributed by atoms with Crippen LogP contribution in [0.5, 0.6) is 0 Å². The normalized spacial score (nSPS) is 12.9. The molecule has 0 bridgehead atoms. The standard InChI is InChI=1S/C10H13F2N/c1-2-9(13)5-7-3-4-8(11)6-10(7)12/h3-4,6,9H,2,5,13H2,1H3. The molecule has 13 heavy (non-hydrogen) atoms. The van der Waals surface area contributed by atoms with Crippen LogP contribution < -0.4 is 5.73 Å². The van der Waals surface area contributed by atoms with Crippen LogP contribution in [0.25, 0.3) is 0 Å². The van der Waals surface area contributed by atoms with Crippen LogP contribution in [0.15, 0.2) is 18.2 Å². The van der Waals surface area contributed by atoms with E-state index in [9.17, 15) is 8.78 Å². The van der Waals surface area contributed by atoms with E-state index in [4.69, 9.17) is 5.73 Å². The molecule has 0 radical (unpaired) electrons. The van der Waals surface area contributed by atoms with E-state index >= 15 is 0 Å². The van der Waals surface area contributed by atoms with Crippen molar-refractivity contribution < 1.29 is 8.78 Å². The van der Waals surface area contributed by atoms with E-state index < -0.39 is 11.6 Å². The van der Waals surface area contributed by atoms with Gasteiger partial charge in [0.25, 0.3) is 0 Å². The lowest BCUT2D eigenvalue weighted by Gasteiger charge is -2.08. The van der Waals surface area contributed by atoms with Crippen LogP contribution in [0.3, 0.4) is 0 Å². The molecular weight excluding hydrogens is 172 g/mol. The molecule has 0 aromatic heterocycles. The molecule has 0 amide bonds. The van der Waals surface area contributed by atoms with Gasteiger partial charge in [0.2, 0.25) is 0 Å². The topological polar surface area (TPSA) is 26.0 Å². The fraction of sp³-hybridized carbons (Fsp3) is 0.400. The van der Waals surface area contributed by atoms with E-state index in [2.05, 4.69) is 0 Å². The Labute approximate surface area is 76.6 Å². The van der Waals surface area contributed by atoms with Crippen molar-refractivity contribution in [2.75, 3.05) is 0 Å². The van der Waals surface area contributed by atoms with Gasteiger partial charge in [-0.25, -0.2) is 8.78 Å². The summed E-state index contributed by atoms with van der Waals surface area (Å²) >= 11 is 0. The Bertz CT molecular complexity index is 286. The summed E-state index contributed by atoms with van der Waals surface area (Å²) in [4.78, 5) is 0.